The number of alkyl halides is 13. The molecule has 0 radical (unpaired) electrons. The maximum Gasteiger partial charge on any atom is 1.00 e. The van der Waals surface area contributed by atoms with Crippen LogP contribution >= 0.6 is 0 Å². The van der Waals surface area contributed by atoms with Crippen molar-refractivity contribution in [1.82, 2.24) is 0 Å². The standard InChI is InChI=1S/C8H5F13O3S.K/c9-3(10,1-2-25(22,23)24)4(11,12)5(13,14)6(15,16)7(17,18)8(19,20)21;/h1-2H2,(H,22,23,24);/q;+1/p-1. The van der Waals surface area contributed by atoms with Crippen molar-refractivity contribution in [2.45, 2.75) is 42.2 Å². The number of halogens is 13. The second-order valence-electron chi connectivity index (χ2n) is 4.51. The van der Waals surface area contributed by atoms with Crippen LogP contribution in [0.25, 0.3) is 0 Å². The van der Waals surface area contributed by atoms with E-state index in [1.165, 1.54) is 0 Å². The summed E-state index contributed by atoms with van der Waals surface area (Å²) in [7, 11) is -5.77. The van der Waals surface area contributed by atoms with Crippen molar-refractivity contribution in [3.05, 3.63) is 0 Å². The van der Waals surface area contributed by atoms with Crippen molar-refractivity contribution < 1.29 is 121 Å². The fourth-order valence-corrected chi connectivity index (χ4v) is 1.72. The number of rotatable bonds is 7. The molecule has 0 aromatic heterocycles. The average Bonchev–Trinajstić information content (AvgIpc) is 2.33. The van der Waals surface area contributed by atoms with Gasteiger partial charge in [0.15, 0.2) is 0 Å². The molecule has 152 valence electrons. The van der Waals surface area contributed by atoms with E-state index >= 15 is 0 Å². The minimum atomic E-state index is -8.05. The van der Waals surface area contributed by atoms with Crippen molar-refractivity contribution in [3.63, 3.8) is 0 Å². The van der Waals surface area contributed by atoms with Gasteiger partial charge in [-0.25, -0.2) is 8.42 Å². The van der Waals surface area contributed by atoms with Crippen molar-refractivity contribution in [1.29, 1.82) is 0 Å². The maximum atomic E-state index is 13.0. The Morgan fingerprint density at radius 3 is 1.19 bits per heavy atom. The molecule has 0 aliphatic heterocycles. The molecule has 0 aliphatic carbocycles. The Balaban J connectivity index is 0. The fraction of sp³-hybridized carbons (Fsp3) is 1.00. The van der Waals surface area contributed by atoms with Gasteiger partial charge in [-0.15, -0.1) is 0 Å². The van der Waals surface area contributed by atoms with E-state index in [0.29, 0.717) is 0 Å². The predicted octanol–water partition coefficient (Wildman–Crippen LogP) is 0.664. The van der Waals surface area contributed by atoms with E-state index in [-0.39, 0.29) is 51.4 Å². The van der Waals surface area contributed by atoms with E-state index in [9.17, 15) is 70.0 Å². The fourth-order valence-electron chi connectivity index (χ4n) is 1.21. The zero-order valence-corrected chi connectivity index (χ0v) is 15.9. The van der Waals surface area contributed by atoms with Crippen LogP contribution in [0.15, 0.2) is 0 Å². The summed E-state index contributed by atoms with van der Waals surface area (Å²) in [6, 6.07) is 0. The van der Waals surface area contributed by atoms with Gasteiger partial charge in [-0.2, -0.15) is 57.1 Å². The van der Waals surface area contributed by atoms with E-state index in [2.05, 4.69) is 0 Å². The van der Waals surface area contributed by atoms with Gasteiger partial charge in [-0.3, -0.25) is 0 Å². The SMILES string of the molecule is O=S(=O)([O-])CCC(F)(F)C(F)(F)C(F)(F)C(F)(F)C(F)(F)C(F)(F)F.[K+]. The van der Waals surface area contributed by atoms with Crippen LogP contribution in [0.4, 0.5) is 57.1 Å². The molecule has 18 heteroatoms. The van der Waals surface area contributed by atoms with Crippen molar-refractivity contribution in [3.8, 4) is 0 Å². The Kier molecular flexibility index (Phi) is 8.66. The third-order valence-corrected chi connectivity index (χ3v) is 3.37. The molecule has 0 bridgehead atoms. The Labute approximate surface area is 178 Å². The molecule has 0 aromatic carbocycles. The summed E-state index contributed by atoms with van der Waals surface area (Å²) >= 11 is 0. The summed E-state index contributed by atoms with van der Waals surface area (Å²) in [6.45, 7) is 0. The van der Waals surface area contributed by atoms with Crippen LogP contribution in [0.3, 0.4) is 0 Å². The maximum absolute atomic E-state index is 13.0. The van der Waals surface area contributed by atoms with Crippen molar-refractivity contribution in [2.24, 2.45) is 0 Å². The summed E-state index contributed by atoms with van der Waals surface area (Å²) < 4.78 is 193. The summed E-state index contributed by atoms with van der Waals surface area (Å²) in [5.74, 6) is -40.6. The molecule has 0 saturated heterocycles. The van der Waals surface area contributed by atoms with E-state index in [1.54, 1.807) is 0 Å². The normalized spacial score (nSPS) is 15.6. The average molecular weight is 466 g/mol. The number of hydrogen-bond acceptors (Lipinski definition) is 3. The van der Waals surface area contributed by atoms with Crippen LogP contribution in [-0.2, 0) is 10.1 Å². The van der Waals surface area contributed by atoms with Crippen molar-refractivity contribution >= 4 is 10.1 Å². The van der Waals surface area contributed by atoms with Gasteiger partial charge in [-0.05, 0) is 0 Å². The summed E-state index contributed by atoms with van der Waals surface area (Å²) in [4.78, 5) is 0. The molecule has 26 heavy (non-hydrogen) atoms. The topological polar surface area (TPSA) is 57.2 Å². The van der Waals surface area contributed by atoms with E-state index in [1.807, 2.05) is 0 Å². The summed E-state index contributed by atoms with van der Waals surface area (Å²) in [5.41, 5.74) is 0. The molecular weight excluding hydrogens is 462 g/mol. The van der Waals surface area contributed by atoms with Gasteiger partial charge < -0.3 is 4.55 Å². The Morgan fingerprint density at radius 1 is 0.615 bits per heavy atom. The third-order valence-electron chi connectivity index (χ3n) is 2.66. The largest absolute Gasteiger partial charge is 1.00 e. The molecule has 0 saturated carbocycles. The zero-order valence-electron chi connectivity index (χ0n) is 12.0. The van der Waals surface area contributed by atoms with E-state index < -0.39 is 58.1 Å². The molecule has 0 rings (SSSR count). The molecular formula is C8H4F13KO3S. The van der Waals surface area contributed by atoms with Gasteiger partial charge in [0.2, 0.25) is 0 Å². The first-order valence-electron chi connectivity index (χ1n) is 5.35. The smallest absolute Gasteiger partial charge is 0.748 e. The second-order valence-corrected chi connectivity index (χ2v) is 6.04. The van der Waals surface area contributed by atoms with Crippen LogP contribution in [0, 0.1) is 0 Å². The molecule has 0 heterocycles. The van der Waals surface area contributed by atoms with Crippen LogP contribution in [0.5, 0.6) is 0 Å². The predicted molar refractivity (Wildman–Crippen MR) is 50.0 cm³/mol. The minimum absolute atomic E-state index is 0. The van der Waals surface area contributed by atoms with Crippen LogP contribution in [-0.4, -0.2) is 54.5 Å². The number of hydrogen-bond donors (Lipinski definition) is 0. The first-order valence-corrected chi connectivity index (χ1v) is 6.93. The van der Waals surface area contributed by atoms with Gasteiger partial charge in [0.05, 0.1) is 10.1 Å². The van der Waals surface area contributed by atoms with E-state index in [0.717, 1.165) is 0 Å². The quantitative estimate of drug-likeness (QED) is 0.315. The third kappa shape index (κ3) is 4.97. The molecule has 0 spiro atoms. The summed E-state index contributed by atoms with van der Waals surface area (Å²) in [6.07, 6.45) is -10.6. The molecule has 0 aromatic rings. The van der Waals surface area contributed by atoms with Gasteiger partial charge in [0, 0.05) is 12.2 Å². The Hall–Kier alpha value is 0.636. The van der Waals surface area contributed by atoms with Gasteiger partial charge >= 0.3 is 87.2 Å². The molecule has 0 N–H and O–H groups in total. The Bertz CT molecular complexity index is 597. The van der Waals surface area contributed by atoms with Gasteiger partial charge in [0.25, 0.3) is 0 Å². The first kappa shape index (κ1) is 28.8. The van der Waals surface area contributed by atoms with E-state index in [4.69, 9.17) is 0 Å². The molecule has 3 nitrogen and oxygen atoms in total. The molecule has 0 unspecified atom stereocenters. The monoisotopic (exact) mass is 466 g/mol. The molecule has 0 amide bonds. The van der Waals surface area contributed by atoms with Crippen LogP contribution in [0.2, 0.25) is 0 Å². The van der Waals surface area contributed by atoms with Crippen LogP contribution in [0.1, 0.15) is 6.42 Å². The second kappa shape index (κ2) is 7.81. The molecule has 0 aliphatic rings. The Morgan fingerprint density at radius 2 is 0.923 bits per heavy atom. The van der Waals surface area contributed by atoms with Gasteiger partial charge in [-0.1, -0.05) is 0 Å². The molecule has 0 fully saturated rings. The molecule has 0 atom stereocenters. The van der Waals surface area contributed by atoms with Gasteiger partial charge in [0.1, 0.15) is 0 Å². The first-order chi connectivity index (χ1) is 10.5. The minimum Gasteiger partial charge on any atom is -0.748 e. The zero-order chi connectivity index (χ0) is 20.9. The summed E-state index contributed by atoms with van der Waals surface area (Å²) in [5, 5.41) is 0. The van der Waals surface area contributed by atoms with Crippen molar-refractivity contribution in [2.75, 3.05) is 5.75 Å². The van der Waals surface area contributed by atoms with Crippen LogP contribution < -0.4 is 51.4 Å².